The van der Waals surface area contributed by atoms with Crippen molar-refractivity contribution < 1.29 is 0 Å². The van der Waals surface area contributed by atoms with Crippen molar-refractivity contribution in [2.45, 2.75) is 18.9 Å². The summed E-state index contributed by atoms with van der Waals surface area (Å²) in [6, 6.07) is 0.602. The maximum Gasteiger partial charge on any atom is 0.187 e. The molecule has 1 aromatic rings. The van der Waals surface area contributed by atoms with Gasteiger partial charge in [-0.3, -0.25) is 0 Å². The molecule has 15 heavy (non-hydrogen) atoms. The Balaban J connectivity index is 2.07. The van der Waals surface area contributed by atoms with Crippen LogP contribution in [0.4, 0.5) is 10.1 Å². The molecule has 1 fully saturated rings. The topological polar surface area (TPSA) is 45.4 Å². The Bertz CT molecular complexity index is 323. The molecule has 4 nitrogen and oxygen atoms in total. The quantitative estimate of drug-likeness (QED) is 0.842. The lowest BCUT2D eigenvalue weighted by molar-refractivity contribution is 0.372. The van der Waals surface area contributed by atoms with E-state index in [1.54, 1.807) is 17.5 Å². The second-order valence-corrected chi connectivity index (χ2v) is 5.34. The predicted octanol–water partition coefficient (Wildman–Crippen LogP) is 1.26. The third kappa shape index (κ3) is 2.41. The molecule has 0 saturated carbocycles. The van der Waals surface area contributed by atoms with Crippen LogP contribution in [0.3, 0.4) is 0 Å². The molecule has 5 heteroatoms. The van der Waals surface area contributed by atoms with Gasteiger partial charge in [0.05, 0.1) is 6.20 Å². The number of nitrogen functional groups attached to an aromatic ring is 1. The van der Waals surface area contributed by atoms with Gasteiger partial charge in [0.15, 0.2) is 5.13 Å². The van der Waals surface area contributed by atoms with Crippen molar-refractivity contribution in [3.8, 4) is 0 Å². The number of thiazole rings is 1. The first-order valence-electron chi connectivity index (χ1n) is 5.29. The van der Waals surface area contributed by atoms with Gasteiger partial charge in [0.25, 0.3) is 0 Å². The minimum absolute atomic E-state index is 0.602. The van der Waals surface area contributed by atoms with Crippen LogP contribution in [0, 0.1) is 0 Å². The van der Waals surface area contributed by atoms with E-state index in [0.717, 1.165) is 23.2 Å². The summed E-state index contributed by atoms with van der Waals surface area (Å²) < 4.78 is 0. The summed E-state index contributed by atoms with van der Waals surface area (Å²) in [6.45, 7) is 2.21. The molecule has 2 rings (SSSR count). The van der Waals surface area contributed by atoms with Crippen LogP contribution in [0.1, 0.15) is 12.8 Å². The Morgan fingerprint density at radius 1 is 1.67 bits per heavy atom. The summed E-state index contributed by atoms with van der Waals surface area (Å²) in [5.41, 5.74) is 5.71. The van der Waals surface area contributed by atoms with E-state index in [2.05, 4.69) is 28.9 Å². The first-order valence-corrected chi connectivity index (χ1v) is 6.11. The Morgan fingerprint density at radius 3 is 3.07 bits per heavy atom. The smallest absolute Gasteiger partial charge is 0.187 e. The fourth-order valence-electron chi connectivity index (χ4n) is 2.11. The molecule has 84 valence electrons. The number of nitrogens with two attached hydrogens (primary N) is 1. The monoisotopic (exact) mass is 226 g/mol. The van der Waals surface area contributed by atoms with Crippen molar-refractivity contribution in [1.82, 2.24) is 9.88 Å². The molecule has 2 heterocycles. The number of hydrogen-bond acceptors (Lipinski definition) is 5. The maximum atomic E-state index is 5.71. The third-order valence-corrected chi connectivity index (χ3v) is 3.57. The average Bonchev–Trinajstić information content (AvgIpc) is 2.72. The molecule has 2 N–H and O–H groups in total. The van der Waals surface area contributed by atoms with Crippen LogP contribution < -0.4 is 10.6 Å². The average molecular weight is 226 g/mol. The molecule has 0 bridgehead atoms. The lowest BCUT2D eigenvalue weighted by Gasteiger charge is -2.26. The van der Waals surface area contributed by atoms with Crippen molar-refractivity contribution in [2.75, 3.05) is 37.8 Å². The minimum Gasteiger partial charge on any atom is -0.389 e. The second-order valence-electron chi connectivity index (χ2n) is 4.30. The van der Waals surface area contributed by atoms with E-state index in [4.69, 9.17) is 5.73 Å². The largest absolute Gasteiger partial charge is 0.389 e. The molecule has 1 aliphatic rings. The van der Waals surface area contributed by atoms with Crippen LogP contribution in [0.15, 0.2) is 6.20 Å². The Morgan fingerprint density at radius 2 is 2.47 bits per heavy atom. The molecule has 0 aliphatic carbocycles. The molecule has 1 atom stereocenters. The highest BCUT2D eigenvalue weighted by Gasteiger charge is 2.26. The number of likely N-dealkylation sites (N-methyl/N-ethyl adjacent to an activating group) is 1. The molecule has 0 amide bonds. The van der Waals surface area contributed by atoms with Gasteiger partial charge in [-0.2, -0.15) is 0 Å². The van der Waals surface area contributed by atoms with E-state index >= 15 is 0 Å². The molecule has 1 unspecified atom stereocenters. The summed E-state index contributed by atoms with van der Waals surface area (Å²) in [6.07, 6.45) is 4.28. The summed E-state index contributed by atoms with van der Waals surface area (Å²) in [4.78, 5) is 8.98. The van der Waals surface area contributed by atoms with E-state index in [1.165, 1.54) is 12.8 Å². The van der Waals surface area contributed by atoms with Gasteiger partial charge in [0.2, 0.25) is 0 Å². The van der Waals surface area contributed by atoms with Crippen molar-refractivity contribution >= 4 is 21.5 Å². The van der Waals surface area contributed by atoms with Gasteiger partial charge >= 0.3 is 0 Å². The predicted molar refractivity (Wildman–Crippen MR) is 65.4 cm³/mol. The van der Waals surface area contributed by atoms with Gasteiger partial charge in [-0.15, -0.1) is 0 Å². The molecule has 1 aliphatic heterocycles. The van der Waals surface area contributed by atoms with Gasteiger partial charge in [0, 0.05) is 19.1 Å². The van der Waals surface area contributed by atoms with Gasteiger partial charge in [-0.25, -0.2) is 4.98 Å². The van der Waals surface area contributed by atoms with Crippen molar-refractivity contribution in [1.29, 1.82) is 0 Å². The van der Waals surface area contributed by atoms with Gasteiger partial charge in [-0.1, -0.05) is 11.3 Å². The summed E-state index contributed by atoms with van der Waals surface area (Å²) in [5, 5.41) is 1.89. The standard InChI is InChI=1S/C10H18N4S/c1-13(2)7-8-4-3-5-14(8)10-12-6-9(11)15-10/h6,8H,3-5,7,11H2,1-2H3. The van der Waals surface area contributed by atoms with Crippen LogP contribution in [0.5, 0.6) is 0 Å². The lowest BCUT2D eigenvalue weighted by atomic mass is 10.2. The molecule has 1 saturated heterocycles. The highest BCUT2D eigenvalue weighted by molar-refractivity contribution is 7.19. The molecular formula is C10H18N4S. The van der Waals surface area contributed by atoms with Crippen molar-refractivity contribution in [2.24, 2.45) is 0 Å². The zero-order valence-corrected chi connectivity index (χ0v) is 10.1. The highest BCUT2D eigenvalue weighted by Crippen LogP contribution is 2.30. The molecule has 0 aromatic carbocycles. The van der Waals surface area contributed by atoms with Crippen LogP contribution in [0.2, 0.25) is 0 Å². The number of nitrogens with zero attached hydrogens (tertiary/aromatic N) is 3. The maximum absolute atomic E-state index is 5.71. The Kier molecular flexibility index (Phi) is 3.11. The number of aromatic nitrogens is 1. The van der Waals surface area contributed by atoms with Gasteiger partial charge in [-0.05, 0) is 26.9 Å². The normalized spacial score (nSPS) is 21.5. The summed E-state index contributed by atoms with van der Waals surface area (Å²) in [7, 11) is 4.24. The van der Waals surface area contributed by atoms with E-state index < -0.39 is 0 Å². The molecule has 1 aromatic heterocycles. The second kappa shape index (κ2) is 4.37. The number of anilines is 2. The zero-order valence-electron chi connectivity index (χ0n) is 9.31. The third-order valence-electron chi connectivity index (χ3n) is 2.71. The SMILES string of the molecule is CN(C)CC1CCCN1c1ncc(N)s1. The fraction of sp³-hybridized carbons (Fsp3) is 0.700. The number of rotatable bonds is 3. The lowest BCUT2D eigenvalue weighted by Crippen LogP contribution is -2.37. The van der Waals surface area contributed by atoms with Crippen LogP contribution in [0.25, 0.3) is 0 Å². The summed E-state index contributed by atoms with van der Waals surface area (Å²) >= 11 is 1.59. The molecule has 0 radical (unpaired) electrons. The van der Waals surface area contributed by atoms with Gasteiger partial charge in [0.1, 0.15) is 5.00 Å². The summed E-state index contributed by atoms with van der Waals surface area (Å²) in [5.74, 6) is 0. The zero-order chi connectivity index (χ0) is 10.8. The first kappa shape index (κ1) is 10.7. The van der Waals surface area contributed by atoms with Gasteiger partial charge < -0.3 is 15.5 Å². The van der Waals surface area contributed by atoms with E-state index in [9.17, 15) is 0 Å². The first-order chi connectivity index (χ1) is 7.16. The minimum atomic E-state index is 0.602. The Labute approximate surface area is 94.7 Å². The molecule has 0 spiro atoms. The van der Waals surface area contributed by atoms with E-state index in [1.807, 2.05) is 0 Å². The van der Waals surface area contributed by atoms with Crippen molar-refractivity contribution in [3.05, 3.63) is 6.20 Å². The van der Waals surface area contributed by atoms with Crippen molar-refractivity contribution in [3.63, 3.8) is 0 Å². The Hall–Kier alpha value is -0.810. The van der Waals surface area contributed by atoms with E-state index in [0.29, 0.717) is 6.04 Å². The number of hydrogen-bond donors (Lipinski definition) is 1. The fourth-order valence-corrected chi connectivity index (χ4v) is 2.89. The molecular weight excluding hydrogens is 208 g/mol. The highest BCUT2D eigenvalue weighted by atomic mass is 32.1. The van der Waals surface area contributed by atoms with Crippen LogP contribution in [-0.2, 0) is 0 Å². The van der Waals surface area contributed by atoms with Crippen LogP contribution >= 0.6 is 11.3 Å². The van der Waals surface area contributed by atoms with Crippen LogP contribution in [-0.4, -0.2) is 43.1 Å². The van der Waals surface area contributed by atoms with E-state index in [-0.39, 0.29) is 0 Å².